The molecule has 0 aliphatic carbocycles. The standard InChI is InChI=1S/C14H12N2OS/c1-9-10(15)5-4-8-13(9)18-14-16-11-6-2-3-7-12(11)17-14/h2-8H,15H2,1H3. The van der Waals surface area contributed by atoms with Crippen molar-refractivity contribution in [2.24, 2.45) is 0 Å². The number of rotatable bonds is 2. The summed E-state index contributed by atoms with van der Waals surface area (Å²) in [5.41, 5.74) is 9.42. The fourth-order valence-electron chi connectivity index (χ4n) is 1.73. The lowest BCUT2D eigenvalue weighted by molar-refractivity contribution is 0.489. The zero-order chi connectivity index (χ0) is 12.5. The van der Waals surface area contributed by atoms with Crippen LogP contribution in [0, 0.1) is 6.92 Å². The summed E-state index contributed by atoms with van der Waals surface area (Å²) in [6, 6.07) is 13.6. The topological polar surface area (TPSA) is 52.0 Å². The van der Waals surface area contributed by atoms with Crippen molar-refractivity contribution in [2.45, 2.75) is 17.0 Å². The lowest BCUT2D eigenvalue weighted by Gasteiger charge is -2.04. The zero-order valence-electron chi connectivity index (χ0n) is 9.88. The monoisotopic (exact) mass is 256 g/mol. The highest BCUT2D eigenvalue weighted by Crippen LogP contribution is 2.33. The van der Waals surface area contributed by atoms with E-state index >= 15 is 0 Å². The first-order chi connectivity index (χ1) is 8.74. The summed E-state index contributed by atoms with van der Waals surface area (Å²) in [5.74, 6) is 0. The van der Waals surface area contributed by atoms with Gasteiger partial charge in [0.15, 0.2) is 5.58 Å². The predicted octanol–water partition coefficient (Wildman–Crippen LogP) is 3.87. The summed E-state index contributed by atoms with van der Waals surface area (Å²) >= 11 is 1.50. The molecule has 0 saturated heterocycles. The Labute approximate surface area is 109 Å². The zero-order valence-corrected chi connectivity index (χ0v) is 10.7. The predicted molar refractivity (Wildman–Crippen MR) is 73.7 cm³/mol. The quantitative estimate of drug-likeness (QED) is 0.707. The number of hydrogen-bond acceptors (Lipinski definition) is 4. The summed E-state index contributed by atoms with van der Waals surface area (Å²) in [5, 5.41) is 0.643. The highest BCUT2D eigenvalue weighted by atomic mass is 32.2. The molecule has 0 saturated carbocycles. The molecule has 2 aromatic carbocycles. The van der Waals surface area contributed by atoms with E-state index in [9.17, 15) is 0 Å². The molecular formula is C14H12N2OS. The minimum absolute atomic E-state index is 0.643. The summed E-state index contributed by atoms with van der Waals surface area (Å²) in [6.45, 7) is 2.00. The van der Waals surface area contributed by atoms with Crippen molar-refractivity contribution in [3.63, 3.8) is 0 Å². The number of hydrogen-bond donors (Lipinski definition) is 1. The average Bonchev–Trinajstić information content (AvgIpc) is 2.77. The molecule has 0 fully saturated rings. The van der Waals surface area contributed by atoms with Crippen LogP contribution in [0.2, 0.25) is 0 Å². The molecule has 3 rings (SSSR count). The van der Waals surface area contributed by atoms with Gasteiger partial charge in [-0.1, -0.05) is 18.2 Å². The van der Waals surface area contributed by atoms with Gasteiger partial charge in [0.25, 0.3) is 5.22 Å². The summed E-state index contributed by atoms with van der Waals surface area (Å²) in [4.78, 5) is 5.51. The van der Waals surface area contributed by atoms with Gasteiger partial charge in [-0.25, -0.2) is 4.98 Å². The lowest BCUT2D eigenvalue weighted by atomic mass is 10.2. The SMILES string of the molecule is Cc1c(N)cccc1Sc1nc2ccccc2o1. The van der Waals surface area contributed by atoms with E-state index < -0.39 is 0 Å². The van der Waals surface area contributed by atoms with Gasteiger partial charge >= 0.3 is 0 Å². The average molecular weight is 256 g/mol. The molecule has 18 heavy (non-hydrogen) atoms. The Balaban J connectivity index is 1.99. The molecule has 90 valence electrons. The third-order valence-corrected chi connectivity index (χ3v) is 3.81. The van der Waals surface area contributed by atoms with E-state index in [1.54, 1.807) is 0 Å². The molecule has 0 radical (unpaired) electrons. The van der Waals surface area contributed by atoms with Gasteiger partial charge < -0.3 is 10.2 Å². The van der Waals surface area contributed by atoms with Crippen LogP contribution in [-0.4, -0.2) is 4.98 Å². The number of nitrogen functional groups attached to an aromatic ring is 1. The lowest BCUT2D eigenvalue weighted by Crippen LogP contribution is -1.90. The van der Waals surface area contributed by atoms with Gasteiger partial charge in [-0.15, -0.1) is 0 Å². The molecule has 3 aromatic rings. The van der Waals surface area contributed by atoms with Crippen LogP contribution in [-0.2, 0) is 0 Å². The van der Waals surface area contributed by atoms with Crippen LogP contribution in [0.5, 0.6) is 0 Å². The number of fused-ring (bicyclic) bond motifs is 1. The van der Waals surface area contributed by atoms with Gasteiger partial charge in [0.1, 0.15) is 5.52 Å². The van der Waals surface area contributed by atoms with Gasteiger partial charge in [-0.05, 0) is 48.5 Å². The van der Waals surface area contributed by atoms with Crippen molar-refractivity contribution >= 4 is 28.5 Å². The third kappa shape index (κ3) is 1.95. The molecule has 0 aliphatic heterocycles. The first kappa shape index (κ1) is 11.2. The van der Waals surface area contributed by atoms with Crippen LogP contribution < -0.4 is 5.73 Å². The second kappa shape index (κ2) is 4.38. The Bertz CT molecular complexity index is 673. The van der Waals surface area contributed by atoms with E-state index in [0.717, 1.165) is 27.2 Å². The van der Waals surface area contributed by atoms with Gasteiger partial charge in [-0.3, -0.25) is 0 Å². The molecule has 1 aromatic heterocycles. The van der Waals surface area contributed by atoms with Gasteiger partial charge in [0.05, 0.1) is 0 Å². The Hall–Kier alpha value is -1.94. The normalized spacial score (nSPS) is 10.9. The Morgan fingerprint density at radius 2 is 1.94 bits per heavy atom. The number of para-hydroxylation sites is 2. The van der Waals surface area contributed by atoms with Crippen LogP contribution in [0.25, 0.3) is 11.1 Å². The summed E-state index contributed by atoms with van der Waals surface area (Å²) < 4.78 is 5.68. The van der Waals surface area contributed by atoms with Crippen molar-refractivity contribution in [1.82, 2.24) is 4.98 Å². The molecule has 0 unspecified atom stereocenters. The van der Waals surface area contributed by atoms with Crippen LogP contribution in [0.15, 0.2) is 57.0 Å². The van der Waals surface area contributed by atoms with E-state index in [2.05, 4.69) is 4.98 Å². The largest absolute Gasteiger partial charge is 0.431 e. The summed E-state index contributed by atoms with van der Waals surface area (Å²) in [7, 11) is 0. The third-order valence-electron chi connectivity index (χ3n) is 2.80. The molecule has 0 bridgehead atoms. The minimum Gasteiger partial charge on any atom is -0.431 e. The number of aromatic nitrogens is 1. The molecule has 0 aliphatic rings. The Morgan fingerprint density at radius 3 is 2.78 bits per heavy atom. The van der Waals surface area contributed by atoms with Gasteiger partial charge in [0.2, 0.25) is 0 Å². The van der Waals surface area contributed by atoms with Crippen LogP contribution in [0.4, 0.5) is 5.69 Å². The number of oxazole rings is 1. The number of anilines is 1. The molecule has 1 heterocycles. The van der Waals surface area contributed by atoms with E-state index in [4.69, 9.17) is 10.2 Å². The molecule has 2 N–H and O–H groups in total. The molecule has 0 spiro atoms. The van der Waals surface area contributed by atoms with Crippen molar-refractivity contribution in [3.05, 3.63) is 48.0 Å². The van der Waals surface area contributed by atoms with Crippen molar-refractivity contribution in [3.8, 4) is 0 Å². The minimum atomic E-state index is 0.643. The Morgan fingerprint density at radius 1 is 1.11 bits per heavy atom. The summed E-state index contributed by atoms with van der Waals surface area (Å²) in [6.07, 6.45) is 0. The molecule has 0 amide bonds. The van der Waals surface area contributed by atoms with Crippen LogP contribution in [0.1, 0.15) is 5.56 Å². The first-order valence-electron chi connectivity index (χ1n) is 5.62. The number of nitrogens with two attached hydrogens (primary N) is 1. The molecular weight excluding hydrogens is 244 g/mol. The molecule has 0 atom stereocenters. The van der Waals surface area contributed by atoms with E-state index in [1.807, 2.05) is 49.4 Å². The second-order valence-electron chi connectivity index (χ2n) is 4.02. The van der Waals surface area contributed by atoms with E-state index in [-0.39, 0.29) is 0 Å². The number of nitrogens with zero attached hydrogens (tertiary/aromatic N) is 1. The van der Waals surface area contributed by atoms with Crippen molar-refractivity contribution in [1.29, 1.82) is 0 Å². The van der Waals surface area contributed by atoms with E-state index in [1.165, 1.54) is 11.8 Å². The molecule has 4 heteroatoms. The maximum absolute atomic E-state index is 5.89. The number of benzene rings is 2. The van der Waals surface area contributed by atoms with Crippen molar-refractivity contribution < 1.29 is 4.42 Å². The first-order valence-corrected chi connectivity index (χ1v) is 6.44. The Kier molecular flexibility index (Phi) is 2.72. The fourth-order valence-corrected chi connectivity index (χ4v) is 2.61. The van der Waals surface area contributed by atoms with Crippen LogP contribution in [0.3, 0.4) is 0 Å². The highest BCUT2D eigenvalue weighted by molar-refractivity contribution is 7.99. The van der Waals surface area contributed by atoms with E-state index in [0.29, 0.717) is 5.22 Å². The second-order valence-corrected chi connectivity index (χ2v) is 5.01. The smallest absolute Gasteiger partial charge is 0.261 e. The van der Waals surface area contributed by atoms with Crippen molar-refractivity contribution in [2.75, 3.05) is 5.73 Å². The van der Waals surface area contributed by atoms with Gasteiger partial charge in [0, 0.05) is 10.6 Å². The molecule has 3 nitrogen and oxygen atoms in total. The van der Waals surface area contributed by atoms with Crippen LogP contribution >= 0.6 is 11.8 Å². The maximum atomic E-state index is 5.89. The highest BCUT2D eigenvalue weighted by Gasteiger charge is 2.09. The van der Waals surface area contributed by atoms with Gasteiger partial charge in [-0.2, -0.15) is 0 Å². The fraction of sp³-hybridized carbons (Fsp3) is 0.0714. The maximum Gasteiger partial charge on any atom is 0.261 e.